The monoisotopic (exact) mass is 387 g/mol. The molecule has 1 amide bonds. The number of halogens is 2. The van der Waals surface area contributed by atoms with E-state index in [2.05, 4.69) is 30.9 Å². The highest BCUT2D eigenvalue weighted by Crippen LogP contribution is 2.28. The number of benzene rings is 1. The second-order valence-corrected chi connectivity index (χ2v) is 7.79. The highest BCUT2D eigenvalue weighted by molar-refractivity contribution is 5.94. The Hall–Kier alpha value is -0.810. The third-order valence-corrected chi connectivity index (χ3v) is 5.38. The lowest BCUT2D eigenvalue weighted by molar-refractivity contribution is 0.0533. The van der Waals surface area contributed by atoms with E-state index in [0.717, 1.165) is 31.6 Å². The van der Waals surface area contributed by atoms with Gasteiger partial charge in [-0.05, 0) is 55.5 Å². The minimum absolute atomic E-state index is 0. The molecule has 0 bridgehead atoms. The van der Waals surface area contributed by atoms with Gasteiger partial charge in [0.05, 0.1) is 0 Å². The Labute approximate surface area is 163 Å². The quantitative estimate of drug-likeness (QED) is 0.864. The molecule has 2 aliphatic heterocycles. The van der Waals surface area contributed by atoms with Crippen LogP contribution in [0.5, 0.6) is 0 Å². The Morgan fingerprint density at radius 1 is 1.20 bits per heavy atom. The zero-order valence-electron chi connectivity index (χ0n) is 15.2. The van der Waals surface area contributed by atoms with E-state index >= 15 is 0 Å². The van der Waals surface area contributed by atoms with Crippen LogP contribution in [0.4, 0.5) is 0 Å². The van der Waals surface area contributed by atoms with Gasteiger partial charge >= 0.3 is 0 Å². The van der Waals surface area contributed by atoms with Crippen LogP contribution in [-0.4, -0.2) is 47.9 Å². The fourth-order valence-electron chi connectivity index (χ4n) is 3.73. The number of nitrogens with two attached hydrogens (primary N) is 1. The maximum atomic E-state index is 12.9. The summed E-state index contributed by atoms with van der Waals surface area (Å²) < 4.78 is 0. The standard InChI is InChI=1S/C19H29N3O.2ClH/c1-19(2)14-22(11-8-17(19)20)18(23)16-7-5-6-15(12-16)13-21-9-3-4-10-21;;/h5-7,12,17H,3-4,8-11,13-14,20H2,1-2H3;2*1H. The second-order valence-electron chi connectivity index (χ2n) is 7.79. The molecule has 1 aromatic carbocycles. The molecule has 0 radical (unpaired) electrons. The van der Waals surface area contributed by atoms with Gasteiger partial charge in [-0.1, -0.05) is 26.0 Å². The van der Waals surface area contributed by atoms with Crippen molar-refractivity contribution in [2.75, 3.05) is 26.2 Å². The van der Waals surface area contributed by atoms with Crippen molar-refractivity contribution in [2.24, 2.45) is 11.1 Å². The fourth-order valence-corrected chi connectivity index (χ4v) is 3.73. The molecule has 2 fully saturated rings. The van der Waals surface area contributed by atoms with Crippen molar-refractivity contribution in [2.45, 2.75) is 45.7 Å². The third kappa shape index (κ3) is 5.33. The van der Waals surface area contributed by atoms with Crippen molar-refractivity contribution in [3.05, 3.63) is 35.4 Å². The van der Waals surface area contributed by atoms with Crippen LogP contribution in [0, 0.1) is 5.41 Å². The minimum Gasteiger partial charge on any atom is -0.338 e. The van der Waals surface area contributed by atoms with E-state index in [1.54, 1.807) is 0 Å². The number of carbonyl (C=O) groups is 1. The first-order valence-electron chi connectivity index (χ1n) is 8.82. The summed E-state index contributed by atoms with van der Waals surface area (Å²) >= 11 is 0. The summed E-state index contributed by atoms with van der Waals surface area (Å²) in [6.45, 7) is 9.12. The number of hydrogen-bond acceptors (Lipinski definition) is 3. The first kappa shape index (κ1) is 22.2. The first-order valence-corrected chi connectivity index (χ1v) is 8.82. The minimum atomic E-state index is -0.0128. The number of likely N-dealkylation sites (tertiary alicyclic amines) is 2. The molecule has 4 nitrogen and oxygen atoms in total. The SMILES string of the molecule is CC1(C)CN(C(=O)c2cccc(CN3CCCC3)c2)CCC1N.Cl.Cl. The van der Waals surface area contributed by atoms with Crippen LogP contribution in [0.2, 0.25) is 0 Å². The molecule has 2 heterocycles. The van der Waals surface area contributed by atoms with Gasteiger partial charge < -0.3 is 10.6 Å². The highest BCUT2D eigenvalue weighted by atomic mass is 35.5. The second kappa shape index (κ2) is 9.22. The van der Waals surface area contributed by atoms with E-state index in [1.807, 2.05) is 17.0 Å². The average molecular weight is 388 g/mol. The van der Waals surface area contributed by atoms with Gasteiger partial charge in [0.2, 0.25) is 0 Å². The maximum absolute atomic E-state index is 12.9. The Morgan fingerprint density at radius 3 is 2.52 bits per heavy atom. The van der Waals surface area contributed by atoms with E-state index in [9.17, 15) is 4.79 Å². The van der Waals surface area contributed by atoms with Crippen molar-refractivity contribution < 1.29 is 4.79 Å². The Morgan fingerprint density at radius 2 is 1.88 bits per heavy atom. The number of piperidine rings is 1. The number of rotatable bonds is 3. The van der Waals surface area contributed by atoms with E-state index < -0.39 is 0 Å². The molecule has 2 N–H and O–H groups in total. The van der Waals surface area contributed by atoms with Crippen LogP contribution in [0.15, 0.2) is 24.3 Å². The molecule has 1 atom stereocenters. The van der Waals surface area contributed by atoms with Gasteiger partial charge in [-0.2, -0.15) is 0 Å². The number of hydrogen-bond donors (Lipinski definition) is 1. The van der Waals surface area contributed by atoms with Gasteiger partial charge in [0.1, 0.15) is 0 Å². The molecule has 25 heavy (non-hydrogen) atoms. The van der Waals surface area contributed by atoms with Crippen molar-refractivity contribution in [3.63, 3.8) is 0 Å². The van der Waals surface area contributed by atoms with Crippen LogP contribution in [0.3, 0.4) is 0 Å². The molecule has 0 aromatic heterocycles. The molecule has 1 aromatic rings. The molecule has 2 aliphatic rings. The first-order chi connectivity index (χ1) is 11.0. The van der Waals surface area contributed by atoms with Gasteiger partial charge in [0, 0.05) is 31.2 Å². The van der Waals surface area contributed by atoms with Crippen molar-refractivity contribution in [1.29, 1.82) is 0 Å². The van der Waals surface area contributed by atoms with E-state index in [1.165, 1.54) is 31.5 Å². The van der Waals surface area contributed by atoms with Crippen molar-refractivity contribution >= 4 is 30.7 Å². The molecule has 0 saturated carbocycles. The summed E-state index contributed by atoms with van der Waals surface area (Å²) in [6.07, 6.45) is 3.47. The van der Waals surface area contributed by atoms with E-state index in [0.29, 0.717) is 0 Å². The topological polar surface area (TPSA) is 49.6 Å². The van der Waals surface area contributed by atoms with Gasteiger partial charge in [-0.3, -0.25) is 9.69 Å². The summed E-state index contributed by atoms with van der Waals surface area (Å²) in [6, 6.07) is 8.33. The molecule has 2 saturated heterocycles. The Balaban J connectivity index is 0.00000156. The van der Waals surface area contributed by atoms with Crippen LogP contribution in [0.1, 0.15) is 49.0 Å². The summed E-state index contributed by atoms with van der Waals surface area (Å²) in [7, 11) is 0. The largest absolute Gasteiger partial charge is 0.338 e. The third-order valence-electron chi connectivity index (χ3n) is 5.38. The lowest BCUT2D eigenvalue weighted by Crippen LogP contribution is -2.54. The van der Waals surface area contributed by atoms with Gasteiger partial charge in [0.15, 0.2) is 0 Å². The summed E-state index contributed by atoms with van der Waals surface area (Å²) in [5.41, 5.74) is 8.23. The van der Waals surface area contributed by atoms with E-state index in [-0.39, 0.29) is 42.2 Å². The summed E-state index contributed by atoms with van der Waals surface area (Å²) in [4.78, 5) is 17.3. The number of nitrogens with zero attached hydrogens (tertiary/aromatic N) is 2. The maximum Gasteiger partial charge on any atom is 0.253 e. The van der Waals surface area contributed by atoms with Crippen LogP contribution in [0.25, 0.3) is 0 Å². The zero-order chi connectivity index (χ0) is 16.4. The van der Waals surface area contributed by atoms with E-state index in [4.69, 9.17) is 5.73 Å². The predicted octanol–water partition coefficient (Wildman–Crippen LogP) is 3.33. The van der Waals surface area contributed by atoms with Crippen molar-refractivity contribution in [1.82, 2.24) is 9.80 Å². The molecule has 0 spiro atoms. The van der Waals surface area contributed by atoms with Crippen LogP contribution >= 0.6 is 24.8 Å². The lowest BCUT2D eigenvalue weighted by atomic mass is 9.79. The van der Waals surface area contributed by atoms with Crippen LogP contribution in [-0.2, 0) is 6.54 Å². The molecule has 3 rings (SSSR count). The number of carbonyl (C=O) groups excluding carboxylic acids is 1. The van der Waals surface area contributed by atoms with Crippen molar-refractivity contribution in [3.8, 4) is 0 Å². The molecular weight excluding hydrogens is 357 g/mol. The highest BCUT2D eigenvalue weighted by Gasteiger charge is 2.35. The zero-order valence-corrected chi connectivity index (χ0v) is 16.9. The summed E-state index contributed by atoms with van der Waals surface area (Å²) in [5.74, 6) is 0.147. The van der Waals surface area contributed by atoms with Gasteiger partial charge in [-0.25, -0.2) is 0 Å². The molecule has 0 aliphatic carbocycles. The molecule has 6 heteroatoms. The molecular formula is C19H31Cl2N3O. The average Bonchev–Trinajstić information content (AvgIpc) is 3.02. The van der Waals surface area contributed by atoms with Crippen LogP contribution < -0.4 is 5.73 Å². The normalized spacial score (nSPS) is 22.8. The Kier molecular flexibility index (Phi) is 8.20. The Bertz CT molecular complexity index is 574. The fraction of sp³-hybridized carbons (Fsp3) is 0.632. The molecule has 1 unspecified atom stereocenters. The molecule has 142 valence electrons. The lowest BCUT2D eigenvalue weighted by Gasteiger charge is -2.42. The summed E-state index contributed by atoms with van der Waals surface area (Å²) in [5, 5.41) is 0. The smallest absolute Gasteiger partial charge is 0.253 e. The van der Waals surface area contributed by atoms with Gasteiger partial charge in [0.25, 0.3) is 5.91 Å². The predicted molar refractivity (Wildman–Crippen MR) is 108 cm³/mol. The number of amides is 1. The van der Waals surface area contributed by atoms with Gasteiger partial charge in [-0.15, -0.1) is 24.8 Å².